The summed E-state index contributed by atoms with van der Waals surface area (Å²) in [6, 6.07) is 9.40. The molecule has 5 heteroatoms. The molecule has 0 saturated heterocycles. The average molecular weight is 236 g/mol. The summed E-state index contributed by atoms with van der Waals surface area (Å²) < 4.78 is 0. The second-order valence-corrected chi connectivity index (χ2v) is 3.87. The van der Waals surface area contributed by atoms with Crippen LogP contribution in [-0.4, -0.2) is 15.0 Å². The van der Waals surface area contributed by atoms with E-state index in [0.29, 0.717) is 5.56 Å². The lowest BCUT2D eigenvalue weighted by atomic mass is 10.0. The highest BCUT2D eigenvalue weighted by molar-refractivity contribution is 5.82. The number of fused-ring (bicyclic) bond motifs is 1. The van der Waals surface area contributed by atoms with Gasteiger partial charge < -0.3 is 9.97 Å². The van der Waals surface area contributed by atoms with Gasteiger partial charge in [-0.25, -0.2) is 4.79 Å². The second-order valence-electron chi connectivity index (χ2n) is 3.87. The summed E-state index contributed by atoms with van der Waals surface area (Å²) in [4.78, 5) is 20.5. The summed E-state index contributed by atoms with van der Waals surface area (Å²) >= 11 is 0. The molecule has 0 bridgehead atoms. The molecule has 0 fully saturated rings. The normalized spacial score (nSPS) is 10.4. The van der Waals surface area contributed by atoms with E-state index in [4.69, 9.17) is 5.26 Å². The van der Waals surface area contributed by atoms with Gasteiger partial charge in [0.2, 0.25) is 0 Å². The van der Waals surface area contributed by atoms with Gasteiger partial charge in [0.1, 0.15) is 6.07 Å². The van der Waals surface area contributed by atoms with Crippen LogP contribution in [0.25, 0.3) is 22.2 Å². The molecule has 0 aliphatic heterocycles. The molecule has 2 N–H and O–H groups in total. The van der Waals surface area contributed by atoms with Crippen molar-refractivity contribution in [2.45, 2.75) is 0 Å². The molecule has 1 aromatic carbocycles. The summed E-state index contributed by atoms with van der Waals surface area (Å²) in [6.07, 6.45) is 3.17. The molecule has 0 aliphatic rings. The van der Waals surface area contributed by atoms with Gasteiger partial charge in [0.25, 0.3) is 0 Å². The number of rotatable bonds is 1. The number of nitrogens with zero attached hydrogens (tertiary/aromatic N) is 2. The summed E-state index contributed by atoms with van der Waals surface area (Å²) in [6.45, 7) is 0. The van der Waals surface area contributed by atoms with Gasteiger partial charge in [-0.2, -0.15) is 5.26 Å². The van der Waals surface area contributed by atoms with Crippen molar-refractivity contribution in [2.24, 2.45) is 0 Å². The van der Waals surface area contributed by atoms with E-state index in [-0.39, 0.29) is 5.69 Å². The largest absolute Gasteiger partial charge is 0.323 e. The summed E-state index contributed by atoms with van der Waals surface area (Å²) in [5.74, 6) is 0. The minimum Gasteiger partial charge on any atom is -0.306 e. The standard InChI is InChI=1S/C13H8N4O/c14-6-9-7-15-4-3-10(9)8-1-2-11-12(5-8)17-13(18)16-11/h1-5,7H,(H2,16,17,18). The van der Waals surface area contributed by atoms with Crippen molar-refractivity contribution in [2.75, 3.05) is 0 Å². The third-order valence-corrected chi connectivity index (χ3v) is 2.77. The minimum atomic E-state index is -0.239. The number of hydrogen-bond acceptors (Lipinski definition) is 3. The van der Waals surface area contributed by atoms with Gasteiger partial charge >= 0.3 is 5.69 Å². The van der Waals surface area contributed by atoms with E-state index in [0.717, 1.165) is 22.2 Å². The highest BCUT2D eigenvalue weighted by Gasteiger charge is 2.06. The molecule has 3 rings (SSSR count). The number of hydrogen-bond donors (Lipinski definition) is 2. The average Bonchev–Trinajstić information content (AvgIpc) is 2.77. The first-order chi connectivity index (χ1) is 8.78. The Morgan fingerprint density at radius 2 is 2.00 bits per heavy atom. The number of aromatic amines is 2. The van der Waals surface area contributed by atoms with Crippen molar-refractivity contribution >= 4 is 11.0 Å². The van der Waals surface area contributed by atoms with Gasteiger partial charge in [-0.1, -0.05) is 6.07 Å². The van der Waals surface area contributed by atoms with Crippen molar-refractivity contribution in [3.8, 4) is 17.2 Å². The Labute approximate surface area is 102 Å². The van der Waals surface area contributed by atoms with Gasteiger partial charge in [-0.3, -0.25) is 4.98 Å². The van der Waals surface area contributed by atoms with E-state index in [1.54, 1.807) is 12.3 Å². The summed E-state index contributed by atoms with van der Waals surface area (Å²) in [5.41, 5.74) is 3.41. The smallest absolute Gasteiger partial charge is 0.306 e. The lowest BCUT2D eigenvalue weighted by molar-refractivity contribution is 1.21. The molecule has 3 aromatic rings. The van der Waals surface area contributed by atoms with E-state index in [9.17, 15) is 4.79 Å². The van der Waals surface area contributed by atoms with E-state index in [2.05, 4.69) is 21.0 Å². The van der Waals surface area contributed by atoms with Gasteiger partial charge in [0.05, 0.1) is 16.6 Å². The zero-order valence-electron chi connectivity index (χ0n) is 9.27. The highest BCUT2D eigenvalue weighted by atomic mass is 16.1. The fourth-order valence-electron chi connectivity index (χ4n) is 1.94. The Morgan fingerprint density at radius 1 is 1.17 bits per heavy atom. The Balaban J connectivity index is 2.25. The van der Waals surface area contributed by atoms with Crippen molar-refractivity contribution < 1.29 is 0 Å². The molecule has 0 radical (unpaired) electrons. The van der Waals surface area contributed by atoms with Crippen LogP contribution in [0.4, 0.5) is 0 Å². The van der Waals surface area contributed by atoms with Crippen molar-refractivity contribution in [1.82, 2.24) is 15.0 Å². The Bertz CT molecular complexity index is 823. The van der Waals surface area contributed by atoms with Crippen molar-refractivity contribution in [1.29, 1.82) is 5.26 Å². The molecule has 2 heterocycles. The number of nitriles is 1. The molecule has 0 amide bonds. The first-order valence-corrected chi connectivity index (χ1v) is 5.34. The van der Waals surface area contributed by atoms with Gasteiger partial charge in [-0.15, -0.1) is 0 Å². The summed E-state index contributed by atoms with van der Waals surface area (Å²) in [5, 5.41) is 9.04. The maximum atomic E-state index is 11.2. The number of imidazole rings is 1. The SMILES string of the molecule is N#Cc1cnccc1-c1ccc2[nH]c(=O)[nH]c2c1. The lowest BCUT2D eigenvalue weighted by Crippen LogP contribution is -1.99. The molecular formula is C13H8N4O. The fraction of sp³-hybridized carbons (Fsp3) is 0. The van der Waals surface area contributed by atoms with E-state index < -0.39 is 0 Å². The maximum absolute atomic E-state index is 11.2. The zero-order valence-corrected chi connectivity index (χ0v) is 9.27. The van der Waals surface area contributed by atoms with Gasteiger partial charge in [-0.05, 0) is 23.8 Å². The van der Waals surface area contributed by atoms with Gasteiger partial charge in [0, 0.05) is 18.0 Å². The Hall–Kier alpha value is -2.87. The van der Waals surface area contributed by atoms with Crippen LogP contribution >= 0.6 is 0 Å². The molecule has 86 valence electrons. The Kier molecular flexibility index (Phi) is 2.21. The zero-order chi connectivity index (χ0) is 12.5. The van der Waals surface area contributed by atoms with E-state index in [1.165, 1.54) is 6.20 Å². The van der Waals surface area contributed by atoms with Crippen LogP contribution in [0.5, 0.6) is 0 Å². The van der Waals surface area contributed by atoms with Crippen LogP contribution in [0.3, 0.4) is 0 Å². The molecule has 2 aromatic heterocycles. The molecule has 0 atom stereocenters. The molecule has 0 saturated carbocycles. The predicted octanol–water partition coefficient (Wildman–Crippen LogP) is 1.79. The minimum absolute atomic E-state index is 0.239. The van der Waals surface area contributed by atoms with Crippen LogP contribution in [-0.2, 0) is 0 Å². The van der Waals surface area contributed by atoms with Gasteiger partial charge in [0.15, 0.2) is 0 Å². The first-order valence-electron chi connectivity index (χ1n) is 5.34. The highest BCUT2D eigenvalue weighted by Crippen LogP contribution is 2.24. The number of H-pyrrole nitrogens is 2. The third-order valence-electron chi connectivity index (χ3n) is 2.77. The van der Waals surface area contributed by atoms with E-state index >= 15 is 0 Å². The predicted molar refractivity (Wildman–Crippen MR) is 66.9 cm³/mol. The van der Waals surface area contributed by atoms with Crippen LogP contribution in [0.1, 0.15) is 5.56 Å². The first kappa shape index (κ1) is 10.3. The topological polar surface area (TPSA) is 85.3 Å². The van der Waals surface area contributed by atoms with Crippen LogP contribution in [0.15, 0.2) is 41.5 Å². The molecule has 0 aliphatic carbocycles. The fourth-order valence-corrected chi connectivity index (χ4v) is 1.94. The molecule has 18 heavy (non-hydrogen) atoms. The number of nitrogens with one attached hydrogen (secondary N) is 2. The summed E-state index contributed by atoms with van der Waals surface area (Å²) in [7, 11) is 0. The van der Waals surface area contributed by atoms with Crippen LogP contribution < -0.4 is 5.69 Å². The molecule has 0 spiro atoms. The van der Waals surface area contributed by atoms with Crippen molar-refractivity contribution in [3.63, 3.8) is 0 Å². The monoisotopic (exact) mass is 236 g/mol. The quantitative estimate of drug-likeness (QED) is 0.675. The van der Waals surface area contributed by atoms with E-state index in [1.807, 2.05) is 18.2 Å². The third kappa shape index (κ3) is 1.57. The molecular weight excluding hydrogens is 228 g/mol. The molecule has 0 unspecified atom stereocenters. The maximum Gasteiger partial charge on any atom is 0.323 e. The number of pyridine rings is 1. The lowest BCUT2D eigenvalue weighted by Gasteiger charge is -2.03. The second kappa shape index (κ2) is 3.86. The van der Waals surface area contributed by atoms with Crippen LogP contribution in [0.2, 0.25) is 0 Å². The van der Waals surface area contributed by atoms with Crippen molar-refractivity contribution in [3.05, 3.63) is 52.7 Å². The van der Waals surface area contributed by atoms with Crippen LogP contribution in [0, 0.1) is 11.3 Å². The molecule has 5 nitrogen and oxygen atoms in total. The number of aromatic nitrogens is 3. The Morgan fingerprint density at radius 3 is 2.83 bits per heavy atom. The number of benzene rings is 1.